The third-order valence-electron chi connectivity index (χ3n) is 5.16. The molecule has 0 unspecified atom stereocenters. The minimum atomic E-state index is 0.669. The van der Waals surface area contributed by atoms with Gasteiger partial charge in [0, 0.05) is 11.1 Å². The number of benzene rings is 1. The number of likely N-dealkylation sites (N-methyl/N-ethyl adjacent to an activating group) is 1. The molecule has 1 aromatic carbocycles. The van der Waals surface area contributed by atoms with Crippen LogP contribution in [0.4, 0.5) is 0 Å². The van der Waals surface area contributed by atoms with Crippen molar-refractivity contribution in [2.75, 3.05) is 45.9 Å². The van der Waals surface area contributed by atoms with Crippen LogP contribution in [-0.2, 0) is 6.54 Å². The average Bonchev–Trinajstić information content (AvgIpc) is 2.54. The van der Waals surface area contributed by atoms with Crippen molar-refractivity contribution in [2.24, 2.45) is 0 Å². The van der Waals surface area contributed by atoms with Crippen LogP contribution in [0.15, 0.2) is 18.2 Å². The van der Waals surface area contributed by atoms with Gasteiger partial charge in [-0.05, 0) is 32.0 Å². The molecule has 1 saturated heterocycles. The zero-order chi connectivity index (χ0) is 14.7. The lowest BCUT2D eigenvalue weighted by atomic mass is 9.94. The quantitative estimate of drug-likeness (QED) is 0.590. The third-order valence-corrected chi connectivity index (χ3v) is 5.16. The van der Waals surface area contributed by atoms with Gasteiger partial charge in [-0.25, -0.2) is 0 Å². The number of piperazine rings is 1. The number of ether oxygens (including phenoxy) is 1. The lowest BCUT2D eigenvalue weighted by Crippen LogP contribution is -3.28. The van der Waals surface area contributed by atoms with Gasteiger partial charge in [0.1, 0.15) is 45.0 Å². The van der Waals surface area contributed by atoms with Gasteiger partial charge >= 0.3 is 0 Å². The minimum absolute atomic E-state index is 0.669. The highest BCUT2D eigenvalue weighted by Crippen LogP contribution is 2.23. The Morgan fingerprint density at radius 1 is 1.19 bits per heavy atom. The summed E-state index contributed by atoms with van der Waals surface area (Å²) in [5.74, 6) is 1.03. The summed E-state index contributed by atoms with van der Waals surface area (Å²) in [7, 11) is 0. The molecule has 0 bridgehead atoms. The van der Waals surface area contributed by atoms with E-state index in [0.29, 0.717) is 6.04 Å². The second kappa shape index (κ2) is 6.77. The zero-order valence-electron chi connectivity index (χ0n) is 13.5. The standard InChI is InChI=1S/C17H27N3O/c1-3-19-7-9-20(10-8-19)17-13-18-12-14-11-15(21-4-2)5-6-16(14)17/h5-6,11,17-18H,3-4,7-10,12-13H2,1-2H3/p+3/t17-/m0/s1. The van der Waals surface area contributed by atoms with Gasteiger partial charge in [-0.1, -0.05) is 0 Å². The Bertz CT molecular complexity index is 469. The molecule has 0 radical (unpaired) electrons. The molecule has 4 nitrogen and oxygen atoms in total. The highest BCUT2D eigenvalue weighted by atomic mass is 16.5. The van der Waals surface area contributed by atoms with Crippen molar-refractivity contribution in [1.82, 2.24) is 0 Å². The first kappa shape index (κ1) is 14.8. The molecule has 2 aliphatic heterocycles. The third kappa shape index (κ3) is 3.23. The first-order valence-electron chi connectivity index (χ1n) is 8.57. The number of nitrogens with one attached hydrogen (secondary N) is 2. The van der Waals surface area contributed by atoms with Crippen molar-refractivity contribution < 1.29 is 19.9 Å². The molecule has 21 heavy (non-hydrogen) atoms. The second-order valence-corrected chi connectivity index (χ2v) is 6.34. The van der Waals surface area contributed by atoms with Gasteiger partial charge in [-0.2, -0.15) is 0 Å². The average molecular weight is 292 g/mol. The summed E-state index contributed by atoms with van der Waals surface area (Å²) in [4.78, 5) is 3.55. The number of rotatable bonds is 4. The molecule has 116 valence electrons. The molecule has 2 heterocycles. The van der Waals surface area contributed by atoms with E-state index in [4.69, 9.17) is 4.74 Å². The van der Waals surface area contributed by atoms with E-state index in [1.54, 1.807) is 15.4 Å². The summed E-state index contributed by atoms with van der Waals surface area (Å²) < 4.78 is 5.66. The Hall–Kier alpha value is -1.10. The Morgan fingerprint density at radius 3 is 2.71 bits per heavy atom. The van der Waals surface area contributed by atoms with Gasteiger partial charge in [0.2, 0.25) is 0 Å². The van der Waals surface area contributed by atoms with E-state index in [1.165, 1.54) is 44.8 Å². The molecule has 1 atom stereocenters. The number of hydrogen-bond acceptors (Lipinski definition) is 1. The van der Waals surface area contributed by atoms with E-state index in [0.717, 1.165) is 18.9 Å². The number of fused-ring (bicyclic) bond motifs is 1. The first-order chi connectivity index (χ1) is 10.3. The van der Waals surface area contributed by atoms with Crippen LogP contribution in [0.25, 0.3) is 0 Å². The van der Waals surface area contributed by atoms with E-state index in [2.05, 4.69) is 30.4 Å². The molecule has 1 fully saturated rings. The van der Waals surface area contributed by atoms with E-state index in [-0.39, 0.29) is 0 Å². The lowest BCUT2D eigenvalue weighted by Gasteiger charge is -2.35. The molecule has 0 aliphatic carbocycles. The van der Waals surface area contributed by atoms with Crippen LogP contribution < -0.4 is 19.9 Å². The van der Waals surface area contributed by atoms with E-state index >= 15 is 0 Å². The summed E-state index contributed by atoms with van der Waals surface area (Å²) in [6, 6.07) is 7.41. The highest BCUT2D eigenvalue weighted by molar-refractivity contribution is 5.37. The van der Waals surface area contributed by atoms with Crippen LogP contribution in [-0.4, -0.2) is 45.9 Å². The van der Waals surface area contributed by atoms with E-state index in [9.17, 15) is 0 Å². The summed E-state index contributed by atoms with van der Waals surface area (Å²) in [5.41, 5.74) is 3.05. The van der Waals surface area contributed by atoms with E-state index < -0.39 is 0 Å². The van der Waals surface area contributed by atoms with Crippen LogP contribution in [0.5, 0.6) is 5.75 Å². The number of hydrogen-bond donors (Lipinski definition) is 3. The van der Waals surface area contributed by atoms with Gasteiger partial charge < -0.3 is 19.9 Å². The molecule has 2 aliphatic rings. The van der Waals surface area contributed by atoms with Crippen LogP contribution in [0, 0.1) is 0 Å². The topological polar surface area (TPSA) is 34.7 Å². The monoisotopic (exact) mass is 292 g/mol. The maximum atomic E-state index is 5.66. The van der Waals surface area contributed by atoms with Crippen LogP contribution in [0.3, 0.4) is 0 Å². The Morgan fingerprint density at radius 2 is 2.00 bits per heavy atom. The number of quaternary nitrogens is 3. The van der Waals surface area contributed by atoms with Crippen molar-refractivity contribution in [3.8, 4) is 5.75 Å². The van der Waals surface area contributed by atoms with E-state index in [1.807, 2.05) is 6.92 Å². The van der Waals surface area contributed by atoms with Gasteiger partial charge in [0.25, 0.3) is 0 Å². The molecule has 0 amide bonds. The predicted octanol–water partition coefficient (Wildman–Crippen LogP) is -1.99. The maximum Gasteiger partial charge on any atom is 0.163 e. The van der Waals surface area contributed by atoms with Crippen LogP contribution in [0.2, 0.25) is 0 Å². The van der Waals surface area contributed by atoms with Gasteiger partial charge in [-0.3, -0.25) is 0 Å². The summed E-state index contributed by atoms with van der Waals surface area (Å²) in [6.07, 6.45) is 0. The van der Waals surface area contributed by atoms with Crippen molar-refractivity contribution in [2.45, 2.75) is 26.4 Å². The fraction of sp³-hybridized carbons (Fsp3) is 0.647. The SMILES string of the molecule is CCOc1ccc2c(c1)C[NH2+]C[C@@H]2[NH+]1CC[NH+](CC)CC1. The lowest BCUT2D eigenvalue weighted by molar-refractivity contribution is -1.03. The summed E-state index contributed by atoms with van der Waals surface area (Å²) in [5, 5.41) is 2.47. The predicted molar refractivity (Wildman–Crippen MR) is 82.8 cm³/mol. The summed E-state index contributed by atoms with van der Waals surface area (Å²) >= 11 is 0. The molecule has 0 spiro atoms. The van der Waals surface area contributed by atoms with Gasteiger partial charge in [0.05, 0.1) is 13.2 Å². The Kier molecular flexibility index (Phi) is 4.78. The molecule has 3 rings (SSSR count). The second-order valence-electron chi connectivity index (χ2n) is 6.34. The molecule has 0 aromatic heterocycles. The fourth-order valence-electron chi connectivity index (χ4n) is 3.90. The smallest absolute Gasteiger partial charge is 0.163 e. The molecule has 4 heteroatoms. The largest absolute Gasteiger partial charge is 0.494 e. The Labute approximate surface area is 128 Å². The van der Waals surface area contributed by atoms with Crippen molar-refractivity contribution in [3.05, 3.63) is 29.3 Å². The Balaban J connectivity index is 1.74. The molecular weight excluding hydrogens is 262 g/mol. The van der Waals surface area contributed by atoms with Crippen molar-refractivity contribution in [1.29, 1.82) is 0 Å². The zero-order valence-corrected chi connectivity index (χ0v) is 13.5. The van der Waals surface area contributed by atoms with Crippen LogP contribution in [0.1, 0.15) is 31.0 Å². The van der Waals surface area contributed by atoms with Crippen molar-refractivity contribution in [3.63, 3.8) is 0 Å². The molecule has 0 saturated carbocycles. The minimum Gasteiger partial charge on any atom is -0.494 e. The highest BCUT2D eigenvalue weighted by Gasteiger charge is 2.34. The normalized spacial score (nSPS) is 29.0. The molecule has 1 aromatic rings. The summed E-state index contributed by atoms with van der Waals surface area (Å²) in [6.45, 7) is 14.0. The number of nitrogens with two attached hydrogens (primary N) is 1. The van der Waals surface area contributed by atoms with Crippen LogP contribution >= 0.6 is 0 Å². The van der Waals surface area contributed by atoms with Crippen molar-refractivity contribution >= 4 is 0 Å². The van der Waals surface area contributed by atoms with Gasteiger partial charge in [-0.15, -0.1) is 0 Å². The molecular formula is C17H30N3O+3. The molecule has 4 N–H and O–H groups in total. The first-order valence-corrected chi connectivity index (χ1v) is 8.57. The van der Waals surface area contributed by atoms with Gasteiger partial charge in [0.15, 0.2) is 6.04 Å². The fourth-order valence-corrected chi connectivity index (χ4v) is 3.90. The maximum absolute atomic E-state index is 5.66.